The molecule has 0 fully saturated rings. The van der Waals surface area contributed by atoms with Crippen LogP contribution in [0.5, 0.6) is 11.5 Å². The van der Waals surface area contributed by atoms with Crippen molar-refractivity contribution < 1.29 is 9.47 Å². The molecular weight excluding hydrogens is 374 g/mol. The maximum atomic E-state index is 13.2. The molecule has 7 heteroatoms. The molecule has 0 atom stereocenters. The molecule has 0 aliphatic heterocycles. The summed E-state index contributed by atoms with van der Waals surface area (Å²) < 4.78 is 12.3. The molecule has 144 valence electrons. The second-order valence-corrected chi connectivity index (χ2v) is 7.12. The maximum Gasteiger partial charge on any atom is 0.266 e. The summed E-state index contributed by atoms with van der Waals surface area (Å²) in [5.74, 6) is 1.92. The molecule has 1 aromatic heterocycles. The third-order valence-corrected chi connectivity index (χ3v) is 5.31. The molecule has 0 amide bonds. The van der Waals surface area contributed by atoms with E-state index in [4.69, 9.17) is 19.7 Å². The zero-order chi connectivity index (χ0) is 19.9. The van der Waals surface area contributed by atoms with Crippen molar-refractivity contribution in [2.24, 2.45) is 0 Å². The van der Waals surface area contributed by atoms with Crippen LogP contribution in [0.1, 0.15) is 19.3 Å². The molecule has 3 aromatic rings. The summed E-state index contributed by atoms with van der Waals surface area (Å²) >= 11 is 1.52. The largest absolute Gasteiger partial charge is 0.493 e. The number of hydrogen-bond acceptors (Lipinski definition) is 6. The molecule has 6 nitrogen and oxygen atoms in total. The van der Waals surface area contributed by atoms with E-state index in [0.29, 0.717) is 39.7 Å². The number of hydrogen-bond donors (Lipinski definition) is 0. The molecule has 28 heavy (non-hydrogen) atoms. The second kappa shape index (κ2) is 9.29. The minimum Gasteiger partial charge on any atom is -0.493 e. The third-order valence-electron chi connectivity index (χ3n) is 4.28. The van der Waals surface area contributed by atoms with Crippen LogP contribution in [0.15, 0.2) is 52.4 Å². The van der Waals surface area contributed by atoms with Crippen LogP contribution in [0.2, 0.25) is 0 Å². The summed E-state index contributed by atoms with van der Waals surface area (Å²) in [5, 5.41) is 9.87. The Kier molecular flexibility index (Phi) is 6.56. The molecule has 2 aromatic carbocycles. The number of fused-ring (bicyclic) bond motifs is 1. The molecular formula is C21H21N3O3S. The van der Waals surface area contributed by atoms with E-state index in [1.54, 1.807) is 37.0 Å². The first kappa shape index (κ1) is 19.8. The van der Waals surface area contributed by atoms with Gasteiger partial charge in [0.25, 0.3) is 5.56 Å². The quantitative estimate of drug-likeness (QED) is 0.323. The lowest BCUT2D eigenvalue weighted by atomic mass is 10.2. The van der Waals surface area contributed by atoms with Gasteiger partial charge in [-0.25, -0.2) is 4.98 Å². The van der Waals surface area contributed by atoms with Crippen molar-refractivity contribution in [1.29, 1.82) is 5.26 Å². The number of nitriles is 1. The fraction of sp³-hybridized carbons (Fsp3) is 0.286. The number of benzene rings is 2. The fourth-order valence-electron chi connectivity index (χ4n) is 2.87. The van der Waals surface area contributed by atoms with Crippen molar-refractivity contribution in [3.8, 4) is 23.3 Å². The fourth-order valence-corrected chi connectivity index (χ4v) is 3.88. The van der Waals surface area contributed by atoms with Gasteiger partial charge in [0.1, 0.15) is 0 Å². The Hall–Kier alpha value is -2.98. The summed E-state index contributed by atoms with van der Waals surface area (Å²) in [4.78, 5) is 18.0. The first-order chi connectivity index (χ1) is 13.7. The lowest BCUT2D eigenvalue weighted by molar-refractivity contribution is 0.354. The van der Waals surface area contributed by atoms with Crippen LogP contribution in [0.4, 0.5) is 0 Å². The Morgan fingerprint density at radius 1 is 1.11 bits per heavy atom. The van der Waals surface area contributed by atoms with Crippen LogP contribution in [-0.2, 0) is 0 Å². The van der Waals surface area contributed by atoms with Crippen LogP contribution >= 0.6 is 11.8 Å². The van der Waals surface area contributed by atoms with Gasteiger partial charge >= 0.3 is 0 Å². The van der Waals surface area contributed by atoms with E-state index in [9.17, 15) is 4.79 Å². The van der Waals surface area contributed by atoms with Gasteiger partial charge in [-0.15, -0.1) is 0 Å². The Balaban J connectivity index is 2.08. The Bertz CT molecular complexity index is 1070. The van der Waals surface area contributed by atoms with Gasteiger partial charge in [0.15, 0.2) is 16.7 Å². The van der Waals surface area contributed by atoms with Crippen molar-refractivity contribution in [3.05, 3.63) is 52.8 Å². The number of thioether (sulfide) groups is 1. The Morgan fingerprint density at radius 3 is 2.64 bits per heavy atom. The summed E-state index contributed by atoms with van der Waals surface area (Å²) in [5.41, 5.74) is 1.21. The normalized spacial score (nSPS) is 10.6. The molecule has 1 heterocycles. The van der Waals surface area contributed by atoms with Crippen LogP contribution in [-0.4, -0.2) is 29.5 Å². The first-order valence-corrected chi connectivity index (χ1v) is 9.92. The molecule has 0 unspecified atom stereocenters. The predicted molar refractivity (Wildman–Crippen MR) is 111 cm³/mol. The first-order valence-electron chi connectivity index (χ1n) is 8.93. The van der Waals surface area contributed by atoms with Gasteiger partial charge in [0.2, 0.25) is 0 Å². The van der Waals surface area contributed by atoms with Gasteiger partial charge in [-0.2, -0.15) is 5.26 Å². The molecule has 0 radical (unpaired) electrons. The second-order valence-electron chi connectivity index (χ2n) is 6.06. The van der Waals surface area contributed by atoms with Gasteiger partial charge in [-0.05, 0) is 37.1 Å². The number of methoxy groups -OCH3 is 2. The minimum absolute atomic E-state index is 0.127. The third kappa shape index (κ3) is 4.12. The predicted octanol–water partition coefficient (Wildman–Crippen LogP) is 4.19. The molecule has 0 aliphatic rings. The van der Waals surface area contributed by atoms with Crippen molar-refractivity contribution in [3.63, 3.8) is 0 Å². The van der Waals surface area contributed by atoms with Gasteiger partial charge in [-0.1, -0.05) is 23.9 Å². The van der Waals surface area contributed by atoms with E-state index in [2.05, 4.69) is 6.07 Å². The summed E-state index contributed by atoms with van der Waals surface area (Å²) in [7, 11) is 3.14. The maximum absolute atomic E-state index is 13.2. The Labute approximate surface area is 167 Å². The minimum atomic E-state index is -0.127. The van der Waals surface area contributed by atoms with Crippen LogP contribution in [0.25, 0.3) is 16.6 Å². The van der Waals surface area contributed by atoms with E-state index >= 15 is 0 Å². The highest BCUT2D eigenvalue weighted by Crippen LogP contribution is 2.30. The zero-order valence-electron chi connectivity index (χ0n) is 15.8. The number of unbranched alkanes of at least 4 members (excludes halogenated alkanes) is 2. The number of para-hydroxylation sites is 1. The highest BCUT2D eigenvalue weighted by Gasteiger charge is 2.15. The SMILES string of the molecule is COc1ccc(-n2c(SCCCCC#N)nc3ccccc3c2=O)cc1OC. The van der Waals surface area contributed by atoms with E-state index in [1.807, 2.05) is 24.3 Å². The molecule has 0 aliphatic carbocycles. The topological polar surface area (TPSA) is 77.1 Å². The van der Waals surface area contributed by atoms with E-state index in [-0.39, 0.29) is 5.56 Å². The highest BCUT2D eigenvalue weighted by atomic mass is 32.2. The van der Waals surface area contributed by atoms with Gasteiger partial charge in [-0.3, -0.25) is 9.36 Å². The van der Waals surface area contributed by atoms with Gasteiger partial charge in [0, 0.05) is 18.2 Å². The number of nitrogens with zero attached hydrogens (tertiary/aromatic N) is 3. The summed E-state index contributed by atoms with van der Waals surface area (Å²) in [6, 6.07) is 14.9. The van der Waals surface area contributed by atoms with Crippen LogP contribution in [0, 0.1) is 11.3 Å². The number of rotatable bonds is 8. The van der Waals surface area contributed by atoms with Gasteiger partial charge < -0.3 is 9.47 Å². The number of aromatic nitrogens is 2. The standard InChI is InChI=1S/C21H21N3O3S/c1-26-18-11-10-15(14-19(18)27-2)24-20(25)16-8-4-5-9-17(16)23-21(24)28-13-7-3-6-12-22/h4-5,8-11,14H,3,6-7,13H2,1-2H3. The molecule has 0 spiro atoms. The summed E-state index contributed by atoms with van der Waals surface area (Å²) in [6.07, 6.45) is 2.25. The molecule has 0 bridgehead atoms. The average Bonchev–Trinajstić information content (AvgIpc) is 2.73. The molecule has 0 saturated carbocycles. The van der Waals surface area contributed by atoms with Crippen molar-refractivity contribution in [1.82, 2.24) is 9.55 Å². The van der Waals surface area contributed by atoms with Crippen molar-refractivity contribution in [2.45, 2.75) is 24.4 Å². The number of ether oxygens (including phenoxy) is 2. The highest BCUT2D eigenvalue weighted by molar-refractivity contribution is 7.99. The van der Waals surface area contributed by atoms with Crippen molar-refractivity contribution >= 4 is 22.7 Å². The van der Waals surface area contributed by atoms with E-state index in [0.717, 1.165) is 18.6 Å². The lowest BCUT2D eigenvalue weighted by Gasteiger charge is -2.15. The Morgan fingerprint density at radius 2 is 1.89 bits per heavy atom. The lowest BCUT2D eigenvalue weighted by Crippen LogP contribution is -2.22. The van der Waals surface area contributed by atoms with Gasteiger partial charge in [0.05, 0.1) is 36.9 Å². The molecule has 3 rings (SSSR count). The van der Waals surface area contributed by atoms with Crippen LogP contribution < -0.4 is 15.0 Å². The molecule has 0 N–H and O–H groups in total. The van der Waals surface area contributed by atoms with E-state index < -0.39 is 0 Å². The average molecular weight is 395 g/mol. The van der Waals surface area contributed by atoms with Crippen molar-refractivity contribution in [2.75, 3.05) is 20.0 Å². The monoisotopic (exact) mass is 395 g/mol. The smallest absolute Gasteiger partial charge is 0.266 e. The van der Waals surface area contributed by atoms with Crippen LogP contribution in [0.3, 0.4) is 0 Å². The molecule has 0 saturated heterocycles. The van der Waals surface area contributed by atoms with E-state index in [1.165, 1.54) is 11.8 Å². The zero-order valence-corrected chi connectivity index (χ0v) is 16.7. The summed E-state index contributed by atoms with van der Waals surface area (Å²) in [6.45, 7) is 0.